The quantitative estimate of drug-likeness (QED) is 0.506. The van der Waals surface area contributed by atoms with Crippen molar-refractivity contribution in [3.8, 4) is 0 Å². The van der Waals surface area contributed by atoms with Crippen molar-refractivity contribution in [2.24, 2.45) is 5.73 Å². The van der Waals surface area contributed by atoms with Gasteiger partial charge in [-0.1, -0.05) is 0 Å². The molecule has 3 aromatic rings. The molecule has 3 N–H and O–H groups in total. The lowest BCUT2D eigenvalue weighted by atomic mass is 10.0. The van der Waals surface area contributed by atoms with E-state index in [0.29, 0.717) is 17.7 Å². The lowest BCUT2D eigenvalue weighted by Crippen LogP contribution is -2.30. The number of amides is 2. The maximum atomic E-state index is 12.4. The zero-order valence-corrected chi connectivity index (χ0v) is 19.5. The number of pyridine rings is 1. The van der Waals surface area contributed by atoms with Crippen molar-refractivity contribution in [1.29, 1.82) is 0 Å². The SMILES string of the molecule is Cc1nc2c(cnn2C(C)C)c(C)c1CCC(=O)OC(C)C(=O)Nc1ccc(C(N)=O)cc1. The topological polar surface area (TPSA) is 129 Å². The number of hydrogen-bond donors (Lipinski definition) is 2. The Labute approximate surface area is 192 Å². The van der Waals surface area contributed by atoms with Gasteiger partial charge in [0.25, 0.3) is 5.91 Å². The third-order valence-electron chi connectivity index (χ3n) is 5.52. The second kappa shape index (κ2) is 9.81. The molecule has 0 fully saturated rings. The van der Waals surface area contributed by atoms with Gasteiger partial charge >= 0.3 is 5.97 Å². The van der Waals surface area contributed by atoms with Crippen molar-refractivity contribution >= 4 is 34.5 Å². The van der Waals surface area contributed by atoms with Crippen LogP contribution in [0.3, 0.4) is 0 Å². The van der Waals surface area contributed by atoms with Gasteiger partial charge < -0.3 is 15.8 Å². The Morgan fingerprint density at radius 2 is 1.79 bits per heavy atom. The van der Waals surface area contributed by atoms with Gasteiger partial charge in [-0.25, -0.2) is 9.67 Å². The lowest BCUT2D eigenvalue weighted by molar-refractivity contribution is -0.153. The number of aryl methyl sites for hydroxylation is 2. The van der Waals surface area contributed by atoms with E-state index in [1.165, 1.54) is 19.1 Å². The number of nitrogens with one attached hydrogen (secondary N) is 1. The number of ether oxygens (including phenoxy) is 1. The predicted octanol–water partition coefficient (Wildman–Crippen LogP) is 3.23. The van der Waals surface area contributed by atoms with Crippen molar-refractivity contribution in [3.63, 3.8) is 0 Å². The highest BCUT2D eigenvalue weighted by atomic mass is 16.5. The van der Waals surface area contributed by atoms with Crippen LogP contribution in [0, 0.1) is 13.8 Å². The molecule has 3 rings (SSSR count). The smallest absolute Gasteiger partial charge is 0.306 e. The van der Waals surface area contributed by atoms with E-state index in [2.05, 4.69) is 24.3 Å². The Morgan fingerprint density at radius 3 is 2.39 bits per heavy atom. The average Bonchev–Trinajstić information content (AvgIpc) is 3.18. The second-order valence-corrected chi connectivity index (χ2v) is 8.28. The summed E-state index contributed by atoms with van der Waals surface area (Å²) in [4.78, 5) is 40.6. The number of carbonyl (C=O) groups is 3. The third kappa shape index (κ3) is 5.36. The molecule has 2 heterocycles. The van der Waals surface area contributed by atoms with Crippen molar-refractivity contribution in [1.82, 2.24) is 14.8 Å². The molecular weight excluding hydrogens is 422 g/mol. The predicted molar refractivity (Wildman–Crippen MR) is 125 cm³/mol. The Balaban J connectivity index is 1.60. The molecule has 0 saturated carbocycles. The number of carbonyl (C=O) groups excluding carboxylic acids is 3. The number of fused-ring (bicyclic) bond motifs is 1. The molecule has 174 valence electrons. The van der Waals surface area contributed by atoms with Gasteiger partial charge in [-0.3, -0.25) is 14.4 Å². The van der Waals surface area contributed by atoms with E-state index < -0.39 is 23.9 Å². The molecular formula is C24H29N5O4. The van der Waals surface area contributed by atoms with Gasteiger partial charge in [-0.2, -0.15) is 5.10 Å². The maximum absolute atomic E-state index is 12.4. The first kappa shape index (κ1) is 23.9. The molecule has 0 aliphatic rings. The minimum atomic E-state index is -0.972. The Morgan fingerprint density at radius 1 is 1.12 bits per heavy atom. The Hall–Kier alpha value is -3.75. The highest BCUT2D eigenvalue weighted by Crippen LogP contribution is 2.25. The van der Waals surface area contributed by atoms with Crippen LogP contribution in [0.1, 0.15) is 60.4 Å². The summed E-state index contributed by atoms with van der Waals surface area (Å²) in [6, 6.07) is 6.33. The normalized spacial score (nSPS) is 12.1. The molecule has 0 aliphatic heterocycles. The molecule has 0 spiro atoms. The van der Waals surface area contributed by atoms with Crippen molar-refractivity contribution < 1.29 is 19.1 Å². The molecule has 2 amide bonds. The fourth-order valence-corrected chi connectivity index (χ4v) is 3.64. The number of anilines is 1. The van der Waals surface area contributed by atoms with Crippen molar-refractivity contribution in [2.75, 3.05) is 5.32 Å². The van der Waals surface area contributed by atoms with Crippen LogP contribution in [0.4, 0.5) is 5.69 Å². The van der Waals surface area contributed by atoms with Gasteiger partial charge in [-0.15, -0.1) is 0 Å². The second-order valence-electron chi connectivity index (χ2n) is 8.28. The van der Waals surface area contributed by atoms with Crippen LogP contribution in [0.2, 0.25) is 0 Å². The molecule has 1 unspecified atom stereocenters. The van der Waals surface area contributed by atoms with Gasteiger partial charge in [0, 0.05) is 34.8 Å². The number of hydrogen-bond acceptors (Lipinski definition) is 6. The van der Waals surface area contributed by atoms with E-state index >= 15 is 0 Å². The zero-order chi connectivity index (χ0) is 24.3. The monoisotopic (exact) mass is 451 g/mol. The fourth-order valence-electron chi connectivity index (χ4n) is 3.64. The number of primary amides is 1. The first-order chi connectivity index (χ1) is 15.6. The summed E-state index contributed by atoms with van der Waals surface area (Å²) in [5, 5.41) is 8.05. The summed E-state index contributed by atoms with van der Waals surface area (Å²) in [6.45, 7) is 9.54. The van der Waals surface area contributed by atoms with E-state index in [0.717, 1.165) is 27.9 Å². The van der Waals surface area contributed by atoms with E-state index in [-0.39, 0.29) is 12.5 Å². The van der Waals surface area contributed by atoms with E-state index in [1.807, 2.05) is 18.5 Å². The first-order valence-electron chi connectivity index (χ1n) is 10.8. The fraction of sp³-hybridized carbons (Fsp3) is 0.375. The van der Waals surface area contributed by atoms with E-state index in [1.54, 1.807) is 18.3 Å². The minimum absolute atomic E-state index is 0.123. The summed E-state index contributed by atoms with van der Waals surface area (Å²) in [5.74, 6) is -1.49. The number of nitrogens with zero attached hydrogens (tertiary/aromatic N) is 3. The van der Waals surface area contributed by atoms with Gasteiger partial charge in [0.2, 0.25) is 5.91 Å². The van der Waals surface area contributed by atoms with Gasteiger partial charge in [0.15, 0.2) is 11.8 Å². The molecule has 9 heteroatoms. The molecule has 0 saturated heterocycles. The first-order valence-corrected chi connectivity index (χ1v) is 10.8. The lowest BCUT2D eigenvalue weighted by Gasteiger charge is -2.15. The standard InChI is InChI=1S/C24H29N5O4/c1-13(2)29-23-20(12-26-29)14(3)19(15(4)27-23)10-11-21(30)33-16(5)24(32)28-18-8-6-17(7-9-18)22(25)31/h6-9,12-13,16H,10-11H2,1-5H3,(H2,25,31)(H,28,32). The van der Waals surface area contributed by atoms with E-state index in [9.17, 15) is 14.4 Å². The molecule has 0 bridgehead atoms. The molecule has 9 nitrogen and oxygen atoms in total. The summed E-state index contributed by atoms with van der Waals surface area (Å²) >= 11 is 0. The molecule has 2 aromatic heterocycles. The van der Waals surface area contributed by atoms with Crippen LogP contribution in [0.25, 0.3) is 11.0 Å². The number of benzene rings is 1. The summed E-state index contributed by atoms with van der Waals surface area (Å²) < 4.78 is 7.19. The number of esters is 1. The van der Waals surface area contributed by atoms with Crippen LogP contribution in [-0.2, 0) is 20.7 Å². The van der Waals surface area contributed by atoms with Crippen LogP contribution >= 0.6 is 0 Å². The highest BCUT2D eigenvalue weighted by Gasteiger charge is 2.20. The van der Waals surface area contributed by atoms with Crippen LogP contribution < -0.4 is 11.1 Å². The van der Waals surface area contributed by atoms with E-state index in [4.69, 9.17) is 15.5 Å². The maximum Gasteiger partial charge on any atom is 0.306 e. The highest BCUT2D eigenvalue weighted by molar-refractivity contribution is 5.96. The van der Waals surface area contributed by atoms with Gasteiger partial charge in [-0.05, 0) is 76.4 Å². The molecule has 1 aromatic carbocycles. The van der Waals surface area contributed by atoms with Crippen LogP contribution in [0.5, 0.6) is 0 Å². The summed E-state index contributed by atoms with van der Waals surface area (Å²) in [6.07, 6.45) is 1.41. The number of nitrogens with two attached hydrogens (primary N) is 1. The molecule has 33 heavy (non-hydrogen) atoms. The van der Waals surface area contributed by atoms with Gasteiger partial charge in [0.05, 0.1) is 6.20 Å². The molecule has 1 atom stereocenters. The molecule has 0 aliphatic carbocycles. The Bertz CT molecular complexity index is 1200. The van der Waals surface area contributed by atoms with Gasteiger partial charge in [0.1, 0.15) is 0 Å². The van der Waals surface area contributed by atoms with Crippen molar-refractivity contribution in [2.45, 2.75) is 59.6 Å². The number of aromatic nitrogens is 3. The van der Waals surface area contributed by atoms with Crippen LogP contribution in [-0.4, -0.2) is 38.7 Å². The zero-order valence-electron chi connectivity index (χ0n) is 19.5. The van der Waals surface area contributed by atoms with Crippen LogP contribution in [0.15, 0.2) is 30.5 Å². The Kier molecular flexibility index (Phi) is 7.10. The average molecular weight is 452 g/mol. The summed E-state index contributed by atoms with van der Waals surface area (Å²) in [5.41, 5.74) is 9.72. The van der Waals surface area contributed by atoms with Crippen molar-refractivity contribution in [3.05, 3.63) is 52.8 Å². The summed E-state index contributed by atoms with van der Waals surface area (Å²) in [7, 11) is 0. The molecule has 0 radical (unpaired) electrons. The largest absolute Gasteiger partial charge is 0.453 e. The third-order valence-corrected chi connectivity index (χ3v) is 5.52. The minimum Gasteiger partial charge on any atom is -0.453 e. The number of rotatable bonds is 8.